The van der Waals surface area contributed by atoms with Gasteiger partial charge in [0.05, 0.1) is 25.2 Å². The summed E-state index contributed by atoms with van der Waals surface area (Å²) in [6.07, 6.45) is 1.02. The monoisotopic (exact) mass is 475 g/mol. The lowest BCUT2D eigenvalue weighted by atomic mass is 10.1. The quantitative estimate of drug-likeness (QED) is 0.568. The Morgan fingerprint density at radius 1 is 1.09 bits per heavy atom. The van der Waals surface area contributed by atoms with Crippen LogP contribution in [0.3, 0.4) is 0 Å². The van der Waals surface area contributed by atoms with Gasteiger partial charge in [0.1, 0.15) is 5.75 Å². The molecule has 1 fully saturated rings. The summed E-state index contributed by atoms with van der Waals surface area (Å²) in [5, 5.41) is 2.94. The Labute approximate surface area is 196 Å². The third-order valence-electron chi connectivity index (χ3n) is 5.64. The van der Waals surface area contributed by atoms with E-state index in [1.807, 2.05) is 19.1 Å². The molecule has 0 saturated carbocycles. The van der Waals surface area contributed by atoms with Crippen molar-refractivity contribution in [2.24, 2.45) is 0 Å². The molecule has 1 aliphatic rings. The number of morpholine rings is 1. The first-order valence-corrected chi connectivity index (χ1v) is 13.0. The van der Waals surface area contributed by atoms with Crippen LogP contribution in [-0.4, -0.2) is 64.9 Å². The highest BCUT2D eigenvalue weighted by Gasteiger charge is 2.19. The predicted molar refractivity (Wildman–Crippen MR) is 129 cm³/mol. The number of amides is 1. The molecule has 1 N–H and O–H groups in total. The molecule has 0 radical (unpaired) electrons. The van der Waals surface area contributed by atoms with E-state index in [0.717, 1.165) is 44.7 Å². The van der Waals surface area contributed by atoms with Gasteiger partial charge in [-0.2, -0.15) is 0 Å². The molecule has 1 unspecified atom stereocenters. The van der Waals surface area contributed by atoms with Gasteiger partial charge in [0.15, 0.2) is 6.10 Å². The van der Waals surface area contributed by atoms with Crippen molar-refractivity contribution in [3.05, 3.63) is 59.7 Å². The minimum atomic E-state index is -3.33. The van der Waals surface area contributed by atoms with Crippen LogP contribution in [0.4, 0.5) is 5.69 Å². The Kier molecular flexibility index (Phi) is 8.71. The number of ether oxygens (including phenoxy) is 2. The molecule has 180 valence electrons. The van der Waals surface area contributed by atoms with Gasteiger partial charge in [0.2, 0.25) is 10.0 Å². The molecule has 2 aromatic rings. The van der Waals surface area contributed by atoms with Gasteiger partial charge in [-0.1, -0.05) is 31.2 Å². The van der Waals surface area contributed by atoms with Crippen LogP contribution >= 0.6 is 0 Å². The van der Waals surface area contributed by atoms with Crippen LogP contribution in [0.5, 0.6) is 5.75 Å². The summed E-state index contributed by atoms with van der Waals surface area (Å²) < 4.78 is 35.7. The molecule has 9 heteroatoms. The highest BCUT2D eigenvalue weighted by molar-refractivity contribution is 7.92. The van der Waals surface area contributed by atoms with Gasteiger partial charge in [0, 0.05) is 33.2 Å². The average molecular weight is 476 g/mol. The number of nitrogens with one attached hydrogen (secondary N) is 1. The fraction of sp³-hybridized carbons (Fsp3) is 0.458. The molecule has 1 atom stereocenters. The van der Waals surface area contributed by atoms with Crippen LogP contribution in [0.15, 0.2) is 48.5 Å². The Hall–Kier alpha value is -2.62. The van der Waals surface area contributed by atoms with Crippen LogP contribution in [-0.2, 0) is 32.6 Å². The van der Waals surface area contributed by atoms with Gasteiger partial charge in [-0.05, 0) is 41.8 Å². The summed E-state index contributed by atoms with van der Waals surface area (Å²) in [5.74, 6) is 0.322. The molecule has 0 spiro atoms. The van der Waals surface area contributed by atoms with Crippen LogP contribution in [0, 0.1) is 0 Å². The molecule has 3 rings (SSSR count). The summed E-state index contributed by atoms with van der Waals surface area (Å²) in [6, 6.07) is 14.9. The van der Waals surface area contributed by atoms with Crippen molar-refractivity contribution in [1.29, 1.82) is 0 Å². The maximum Gasteiger partial charge on any atom is 0.261 e. The van der Waals surface area contributed by atoms with Crippen molar-refractivity contribution in [2.45, 2.75) is 32.5 Å². The fourth-order valence-electron chi connectivity index (χ4n) is 3.50. The summed E-state index contributed by atoms with van der Waals surface area (Å²) in [4.78, 5) is 15.0. The molecule has 1 saturated heterocycles. The third kappa shape index (κ3) is 7.45. The number of benzene rings is 2. The highest BCUT2D eigenvalue weighted by Crippen LogP contribution is 2.21. The maximum atomic E-state index is 12.6. The minimum Gasteiger partial charge on any atom is -0.481 e. The molecule has 1 amide bonds. The van der Waals surface area contributed by atoms with Crippen molar-refractivity contribution in [1.82, 2.24) is 10.2 Å². The van der Waals surface area contributed by atoms with E-state index < -0.39 is 16.1 Å². The zero-order valence-corrected chi connectivity index (χ0v) is 20.3. The zero-order chi connectivity index (χ0) is 23.8. The molecule has 1 heterocycles. The first-order chi connectivity index (χ1) is 15.8. The fourth-order valence-corrected chi connectivity index (χ4v) is 4.00. The number of carbonyl (C=O) groups is 1. The van der Waals surface area contributed by atoms with Gasteiger partial charge in [0.25, 0.3) is 5.91 Å². The van der Waals surface area contributed by atoms with Crippen LogP contribution < -0.4 is 14.4 Å². The predicted octanol–water partition coefficient (Wildman–Crippen LogP) is 2.39. The lowest BCUT2D eigenvalue weighted by Gasteiger charge is -2.26. The molecule has 0 aromatic heterocycles. The van der Waals surface area contributed by atoms with Crippen LogP contribution in [0.2, 0.25) is 0 Å². The van der Waals surface area contributed by atoms with Crippen molar-refractivity contribution >= 4 is 21.6 Å². The smallest absolute Gasteiger partial charge is 0.261 e. The second kappa shape index (κ2) is 11.5. The second-order valence-electron chi connectivity index (χ2n) is 8.16. The van der Waals surface area contributed by atoms with Crippen molar-refractivity contribution in [3.63, 3.8) is 0 Å². The number of sulfonamides is 1. The summed E-state index contributed by atoms with van der Waals surface area (Å²) >= 11 is 0. The molecule has 8 nitrogen and oxygen atoms in total. The first kappa shape index (κ1) is 25.0. The van der Waals surface area contributed by atoms with Gasteiger partial charge < -0.3 is 14.8 Å². The number of anilines is 1. The van der Waals surface area contributed by atoms with E-state index >= 15 is 0 Å². The van der Waals surface area contributed by atoms with Crippen molar-refractivity contribution in [3.8, 4) is 5.75 Å². The average Bonchev–Trinajstić information content (AvgIpc) is 2.82. The normalized spacial score (nSPS) is 15.6. The van der Waals surface area contributed by atoms with Gasteiger partial charge in [-0.25, -0.2) is 8.42 Å². The Balaban J connectivity index is 1.50. The van der Waals surface area contributed by atoms with Gasteiger partial charge in [-0.15, -0.1) is 0 Å². The Bertz CT molecular complexity index is 1000. The van der Waals surface area contributed by atoms with Crippen LogP contribution in [0.1, 0.15) is 24.5 Å². The summed E-state index contributed by atoms with van der Waals surface area (Å²) in [7, 11) is -1.84. The SMILES string of the molecule is CCC(Oc1ccc(N(C)S(C)(=O)=O)cc1)C(=O)NCc1ccc(CN2CCOCC2)cc1. The van der Waals surface area contributed by atoms with Crippen molar-refractivity contribution in [2.75, 3.05) is 43.9 Å². The summed E-state index contributed by atoms with van der Waals surface area (Å²) in [5.41, 5.74) is 2.79. The Morgan fingerprint density at radius 3 is 2.27 bits per heavy atom. The number of hydrogen-bond donors (Lipinski definition) is 1. The van der Waals surface area contributed by atoms with Crippen LogP contribution in [0.25, 0.3) is 0 Å². The van der Waals surface area contributed by atoms with Crippen molar-refractivity contribution < 1.29 is 22.7 Å². The second-order valence-corrected chi connectivity index (χ2v) is 10.2. The molecular formula is C24H33N3O5S. The van der Waals surface area contributed by atoms with E-state index in [2.05, 4.69) is 22.3 Å². The van der Waals surface area contributed by atoms with E-state index in [4.69, 9.17) is 9.47 Å². The lowest BCUT2D eigenvalue weighted by Crippen LogP contribution is -2.37. The van der Waals surface area contributed by atoms with Gasteiger partial charge >= 0.3 is 0 Å². The number of carbonyl (C=O) groups excluding carboxylic acids is 1. The molecular weight excluding hydrogens is 442 g/mol. The third-order valence-corrected chi connectivity index (χ3v) is 6.84. The van der Waals surface area contributed by atoms with E-state index in [1.165, 1.54) is 16.9 Å². The molecule has 0 aliphatic carbocycles. The van der Waals surface area contributed by atoms with E-state index in [9.17, 15) is 13.2 Å². The number of rotatable bonds is 10. The topological polar surface area (TPSA) is 88.2 Å². The lowest BCUT2D eigenvalue weighted by molar-refractivity contribution is -0.128. The van der Waals surface area contributed by atoms with E-state index in [-0.39, 0.29) is 5.91 Å². The number of hydrogen-bond acceptors (Lipinski definition) is 6. The van der Waals surface area contributed by atoms with E-state index in [0.29, 0.717) is 24.4 Å². The largest absolute Gasteiger partial charge is 0.481 e. The number of nitrogens with zero attached hydrogens (tertiary/aromatic N) is 2. The zero-order valence-electron chi connectivity index (χ0n) is 19.5. The Morgan fingerprint density at radius 2 is 1.70 bits per heavy atom. The molecule has 0 bridgehead atoms. The highest BCUT2D eigenvalue weighted by atomic mass is 32.2. The minimum absolute atomic E-state index is 0.188. The molecule has 33 heavy (non-hydrogen) atoms. The van der Waals surface area contributed by atoms with E-state index in [1.54, 1.807) is 24.3 Å². The molecule has 1 aliphatic heterocycles. The summed E-state index contributed by atoms with van der Waals surface area (Å²) in [6.45, 7) is 6.69. The maximum absolute atomic E-state index is 12.6. The first-order valence-electron chi connectivity index (χ1n) is 11.1. The standard InChI is InChI=1S/C24H33N3O5S/c1-4-23(32-22-11-9-21(10-12-22)26(2)33(3,29)30)24(28)25-17-19-5-7-20(8-6-19)18-27-13-15-31-16-14-27/h5-12,23H,4,13-18H2,1-3H3,(H,25,28). The molecule has 2 aromatic carbocycles. The van der Waals surface area contributed by atoms with Gasteiger partial charge in [-0.3, -0.25) is 14.0 Å².